The van der Waals surface area contributed by atoms with Crippen LogP contribution in [0.15, 0.2) is 225 Å². The van der Waals surface area contributed by atoms with Crippen LogP contribution in [0.4, 0.5) is 0 Å². The third kappa shape index (κ3) is 7.64. The van der Waals surface area contributed by atoms with E-state index in [0.717, 1.165) is 97.6 Å². The summed E-state index contributed by atoms with van der Waals surface area (Å²) in [6, 6.07) is 84.6. The molecule has 0 saturated heterocycles. The third-order valence-corrected chi connectivity index (χ3v) is 14.2. The second-order valence-corrected chi connectivity index (χ2v) is 19.5. The molecule has 0 atom stereocenters. The minimum absolute atomic E-state index is 0.105. The molecule has 12 aromatic rings. The van der Waals surface area contributed by atoms with Crippen molar-refractivity contribution in [3.63, 3.8) is 0 Å². The van der Waals surface area contributed by atoms with E-state index in [1.54, 1.807) is 0 Å². The van der Waals surface area contributed by atoms with Gasteiger partial charge in [0.2, 0.25) is 0 Å². The Labute approximate surface area is 417 Å². The Kier molecular flexibility index (Phi) is 11.0. The first-order valence-corrected chi connectivity index (χ1v) is 24.7. The van der Waals surface area contributed by atoms with Crippen molar-refractivity contribution < 1.29 is 24.1 Å². The van der Waals surface area contributed by atoms with E-state index in [0.29, 0.717) is 11.5 Å². The van der Waals surface area contributed by atoms with Gasteiger partial charge in [0.15, 0.2) is 0 Å². The molecular formula is C64H46N4OPt-2. The number of fused-ring (bicyclic) bond motifs is 8. The van der Waals surface area contributed by atoms with Gasteiger partial charge in [0.05, 0.1) is 0 Å². The van der Waals surface area contributed by atoms with Crippen LogP contribution in [-0.4, -0.2) is 18.7 Å². The maximum absolute atomic E-state index is 6.93. The first-order valence-electron chi connectivity index (χ1n) is 23.5. The van der Waals surface area contributed by atoms with E-state index in [9.17, 15) is 0 Å². The average molecular weight is 1080 g/mol. The standard InChI is InChI=1S/C64H46N4O.Pt/c1-64(2,3)46-38-39-65-62(40-46)68-58-33-15-14-30-56(58)54-28-12-10-26-52(54)53-27-11-13-29-55(53)57-37-36-49(42-61(57)68)69-48-25-18-24-47(41-48)66-43-67(60-35-17-16-34-59(60)66)63-50(44-20-6-4-7-21-44)31-19-32-51(63)45-22-8-5-9-23-45;/h4-40H,1-3H3;/q-2;. The predicted octanol–water partition coefficient (Wildman–Crippen LogP) is 16.4. The molecule has 0 amide bonds. The van der Waals surface area contributed by atoms with Crippen molar-refractivity contribution in [1.82, 2.24) is 18.7 Å². The molecule has 3 aromatic heterocycles. The fourth-order valence-electron chi connectivity index (χ4n) is 9.87. The molecule has 12 rings (SSSR count). The first kappa shape index (κ1) is 43.2. The number of benzene rings is 9. The molecule has 0 unspecified atom stereocenters. The van der Waals surface area contributed by atoms with Gasteiger partial charge in [-0.15, -0.1) is 0 Å². The summed E-state index contributed by atoms with van der Waals surface area (Å²) in [5.41, 5.74) is 11.6. The molecule has 70 heavy (non-hydrogen) atoms. The molecule has 0 aliphatic rings. The Morgan fingerprint density at radius 3 is 1.59 bits per heavy atom. The number of ether oxygens (including phenoxy) is 1. The Bertz CT molecular complexity index is 4050. The van der Waals surface area contributed by atoms with Gasteiger partial charge in [-0.1, -0.05) is 81.4 Å². The van der Waals surface area contributed by atoms with Crippen molar-refractivity contribution in [3.8, 4) is 50.9 Å². The number of hydrogen-bond acceptors (Lipinski definition) is 2. The zero-order valence-corrected chi connectivity index (χ0v) is 41.1. The number of rotatable bonds is 7. The van der Waals surface area contributed by atoms with Crippen molar-refractivity contribution in [3.05, 3.63) is 246 Å². The van der Waals surface area contributed by atoms with Crippen LogP contribution in [0.25, 0.3) is 93.8 Å². The van der Waals surface area contributed by atoms with Gasteiger partial charge in [-0.05, 0) is 27.8 Å². The van der Waals surface area contributed by atoms with Gasteiger partial charge < -0.3 is 0 Å². The molecule has 0 N–H and O–H groups in total. The summed E-state index contributed by atoms with van der Waals surface area (Å²) in [5.74, 6) is 1.92. The second kappa shape index (κ2) is 17.8. The Balaban J connectivity index is 1.07. The zero-order chi connectivity index (χ0) is 47.3. The van der Waals surface area contributed by atoms with E-state index in [1.807, 2.05) is 24.4 Å². The average Bonchev–Trinajstić information content (AvgIpc) is 3.71. The van der Waals surface area contributed by atoms with Gasteiger partial charge in [-0.25, -0.2) is 0 Å². The fraction of sp³-hybridized carbons (Fsp3) is 0.0625. The van der Waals surface area contributed by atoms with Crippen LogP contribution < -0.4 is 4.74 Å². The summed E-state index contributed by atoms with van der Waals surface area (Å²) in [7, 11) is 0. The fourth-order valence-corrected chi connectivity index (χ4v) is 10.9. The summed E-state index contributed by atoms with van der Waals surface area (Å²) in [6.45, 7) is 6.72. The van der Waals surface area contributed by atoms with E-state index in [4.69, 9.17) is 9.72 Å². The van der Waals surface area contributed by atoms with E-state index in [1.165, 1.54) is 5.56 Å². The van der Waals surface area contributed by atoms with Gasteiger partial charge in [-0.3, -0.25) is 0 Å². The van der Waals surface area contributed by atoms with Crippen molar-refractivity contribution >= 4 is 54.4 Å². The molecule has 0 aliphatic carbocycles. The van der Waals surface area contributed by atoms with Crippen LogP contribution in [0.3, 0.4) is 0 Å². The van der Waals surface area contributed by atoms with E-state index >= 15 is 0 Å². The number of imidazole rings is 1. The van der Waals surface area contributed by atoms with Crippen LogP contribution in [0.5, 0.6) is 11.5 Å². The Morgan fingerprint density at radius 2 is 0.957 bits per heavy atom. The first-order chi connectivity index (χ1) is 34.3. The topological polar surface area (TPSA) is 36.9 Å². The Hall–Kier alpha value is -8.11. The van der Waals surface area contributed by atoms with Crippen molar-refractivity contribution in [2.45, 2.75) is 26.2 Å². The molecule has 0 radical (unpaired) electrons. The number of para-hydroxylation sites is 4. The van der Waals surface area contributed by atoms with Crippen molar-refractivity contribution in [2.75, 3.05) is 0 Å². The monoisotopic (exact) mass is 1080 g/mol. The Morgan fingerprint density at radius 1 is 0.443 bits per heavy atom. The van der Waals surface area contributed by atoms with E-state index in [-0.39, 0.29) is 5.41 Å². The third-order valence-electron chi connectivity index (χ3n) is 13.2. The summed E-state index contributed by atoms with van der Waals surface area (Å²) in [6.07, 6.45) is 1.92. The number of pyridine rings is 1. The summed E-state index contributed by atoms with van der Waals surface area (Å²) in [5, 5.41) is 6.65. The van der Waals surface area contributed by atoms with Crippen LogP contribution in [0, 0.1) is 15.9 Å². The van der Waals surface area contributed by atoms with Crippen LogP contribution in [0.1, 0.15) is 26.3 Å². The molecular weight excluding hydrogens is 1040 g/mol. The quantitative estimate of drug-likeness (QED) is 0.149. The van der Waals surface area contributed by atoms with Gasteiger partial charge in [0.1, 0.15) is 0 Å². The summed E-state index contributed by atoms with van der Waals surface area (Å²) >= 11 is 2.48. The predicted molar refractivity (Wildman–Crippen MR) is 284 cm³/mol. The second-order valence-electron chi connectivity index (χ2n) is 18.5. The molecule has 9 aromatic carbocycles. The van der Waals surface area contributed by atoms with Gasteiger partial charge >= 0.3 is 305 Å². The number of nitrogens with zero attached hydrogens (tertiary/aromatic N) is 4. The molecule has 0 spiro atoms. The van der Waals surface area contributed by atoms with Crippen LogP contribution >= 0.6 is 0 Å². The molecule has 0 fully saturated rings. The molecule has 0 aliphatic heterocycles. The van der Waals surface area contributed by atoms with E-state index in [2.05, 4.69) is 266 Å². The molecule has 6 heteroatoms. The van der Waals surface area contributed by atoms with E-state index < -0.39 is 0 Å². The molecule has 340 valence electrons. The normalized spacial score (nSPS) is 11.7. The molecule has 3 heterocycles. The van der Waals surface area contributed by atoms with Gasteiger partial charge in [-0.2, -0.15) is 0 Å². The van der Waals surface area contributed by atoms with Gasteiger partial charge in [0, 0.05) is 6.20 Å². The van der Waals surface area contributed by atoms with Crippen molar-refractivity contribution in [1.29, 1.82) is 0 Å². The minimum atomic E-state index is -0.105. The zero-order valence-electron chi connectivity index (χ0n) is 38.9. The van der Waals surface area contributed by atoms with Crippen LogP contribution in [-0.2, 0) is 24.8 Å². The summed E-state index contributed by atoms with van der Waals surface area (Å²) < 4.78 is 14.8. The molecule has 5 nitrogen and oxygen atoms in total. The molecule has 0 saturated carbocycles. The van der Waals surface area contributed by atoms with Gasteiger partial charge in [0.25, 0.3) is 0 Å². The molecule has 0 bridgehead atoms. The maximum atomic E-state index is 6.93. The SMILES string of the molecule is CC(C)(C)c1ccnc(-n2c3[c-]c(Oc4[c-]c(-n5[c](=[Pt])n(-c6c(-c7ccccc7)cccc6-c6ccccc6)c6ccccc65)ccc4)ccc3c3ccccc3c3ccccc3c3ccccc32)c1. The summed E-state index contributed by atoms with van der Waals surface area (Å²) in [4.78, 5) is 5.10. The van der Waals surface area contributed by atoms with Crippen LogP contribution in [0.2, 0.25) is 0 Å². The van der Waals surface area contributed by atoms with Crippen molar-refractivity contribution in [2.24, 2.45) is 0 Å². The number of aromatic nitrogens is 4. The number of hydrogen-bond donors (Lipinski definition) is 0.